The van der Waals surface area contributed by atoms with Gasteiger partial charge in [0, 0.05) is 18.0 Å². The summed E-state index contributed by atoms with van der Waals surface area (Å²) < 4.78 is 0. The largest absolute Gasteiger partial charge is 0.316 e. The number of aromatic nitrogens is 1. The summed E-state index contributed by atoms with van der Waals surface area (Å²) in [6, 6.07) is 4.27. The van der Waals surface area contributed by atoms with Crippen LogP contribution < -0.4 is 5.32 Å². The molecule has 0 bridgehead atoms. The first-order valence-corrected chi connectivity index (χ1v) is 7.35. The van der Waals surface area contributed by atoms with E-state index in [0.29, 0.717) is 0 Å². The number of rotatable bonds is 7. The van der Waals surface area contributed by atoms with Gasteiger partial charge in [-0.1, -0.05) is 13.8 Å². The van der Waals surface area contributed by atoms with Gasteiger partial charge in [-0.25, -0.2) is 4.98 Å². The number of hydrogen-bond donors (Lipinski definition) is 1. The highest BCUT2D eigenvalue weighted by atomic mass is 32.2. The van der Waals surface area contributed by atoms with Crippen molar-refractivity contribution in [3.63, 3.8) is 0 Å². The lowest BCUT2D eigenvalue weighted by Gasteiger charge is -2.07. The average Bonchev–Trinajstić information content (AvgIpc) is 2.21. The van der Waals surface area contributed by atoms with E-state index in [1.165, 1.54) is 12.0 Å². The molecule has 0 saturated carbocycles. The number of thioether (sulfide) groups is 1. The molecule has 1 N–H and O–H groups in total. The summed E-state index contributed by atoms with van der Waals surface area (Å²) in [6.07, 6.45) is 1.26. The highest BCUT2D eigenvalue weighted by Gasteiger charge is 1.98. The predicted molar refractivity (Wildman–Crippen MR) is 76.8 cm³/mol. The Bertz CT molecular complexity index is 317. The molecular formula is C14H24N2S. The third kappa shape index (κ3) is 6.69. The fourth-order valence-electron chi connectivity index (χ4n) is 1.62. The Balaban J connectivity index is 2.18. The van der Waals surface area contributed by atoms with Crippen molar-refractivity contribution in [1.82, 2.24) is 10.3 Å². The van der Waals surface area contributed by atoms with Crippen LogP contribution in [0.25, 0.3) is 0 Å². The average molecular weight is 252 g/mol. The van der Waals surface area contributed by atoms with Crippen molar-refractivity contribution in [1.29, 1.82) is 0 Å². The van der Waals surface area contributed by atoms with Crippen LogP contribution in [-0.4, -0.2) is 23.8 Å². The molecule has 1 aromatic heterocycles. The van der Waals surface area contributed by atoms with Crippen LogP contribution in [0, 0.1) is 19.8 Å². The number of pyridine rings is 1. The first kappa shape index (κ1) is 14.5. The molecule has 0 saturated heterocycles. The molecular weight excluding hydrogens is 228 g/mol. The SMILES string of the molecule is Cc1cc(C)nc(SCCNCCC(C)C)c1. The summed E-state index contributed by atoms with van der Waals surface area (Å²) in [6.45, 7) is 10.9. The van der Waals surface area contributed by atoms with Gasteiger partial charge in [0.25, 0.3) is 0 Å². The van der Waals surface area contributed by atoms with E-state index in [1.807, 2.05) is 11.8 Å². The van der Waals surface area contributed by atoms with E-state index in [0.717, 1.165) is 35.5 Å². The highest BCUT2D eigenvalue weighted by molar-refractivity contribution is 7.99. The van der Waals surface area contributed by atoms with E-state index in [9.17, 15) is 0 Å². The maximum Gasteiger partial charge on any atom is 0.0966 e. The van der Waals surface area contributed by atoms with Gasteiger partial charge in [0.2, 0.25) is 0 Å². The Hall–Kier alpha value is -0.540. The van der Waals surface area contributed by atoms with Gasteiger partial charge >= 0.3 is 0 Å². The van der Waals surface area contributed by atoms with E-state index in [4.69, 9.17) is 0 Å². The molecule has 0 radical (unpaired) electrons. The standard InChI is InChI=1S/C14H24N2S/c1-11(2)5-6-15-7-8-17-14-10-12(3)9-13(4)16-14/h9-11,15H,5-8H2,1-4H3. The molecule has 0 aliphatic rings. The topological polar surface area (TPSA) is 24.9 Å². The summed E-state index contributed by atoms with van der Waals surface area (Å²) in [7, 11) is 0. The lowest BCUT2D eigenvalue weighted by atomic mass is 10.1. The van der Waals surface area contributed by atoms with E-state index in [-0.39, 0.29) is 0 Å². The maximum absolute atomic E-state index is 4.52. The van der Waals surface area contributed by atoms with Crippen molar-refractivity contribution in [3.8, 4) is 0 Å². The van der Waals surface area contributed by atoms with Gasteiger partial charge in [-0.05, 0) is 50.4 Å². The van der Waals surface area contributed by atoms with Gasteiger partial charge in [-0.3, -0.25) is 0 Å². The minimum Gasteiger partial charge on any atom is -0.316 e. The van der Waals surface area contributed by atoms with E-state index < -0.39 is 0 Å². The molecule has 17 heavy (non-hydrogen) atoms. The number of hydrogen-bond acceptors (Lipinski definition) is 3. The van der Waals surface area contributed by atoms with Crippen LogP contribution in [-0.2, 0) is 0 Å². The predicted octanol–water partition coefficient (Wildman–Crippen LogP) is 3.43. The minimum atomic E-state index is 0.788. The minimum absolute atomic E-state index is 0.788. The zero-order valence-corrected chi connectivity index (χ0v) is 12.2. The number of aryl methyl sites for hydroxylation is 2. The van der Waals surface area contributed by atoms with Crippen LogP contribution in [0.1, 0.15) is 31.5 Å². The molecule has 1 rings (SSSR count). The van der Waals surface area contributed by atoms with Crippen LogP contribution in [0.3, 0.4) is 0 Å². The fourth-order valence-corrected chi connectivity index (χ4v) is 2.56. The quantitative estimate of drug-likeness (QED) is 0.594. The van der Waals surface area contributed by atoms with Crippen LogP contribution in [0.2, 0.25) is 0 Å². The highest BCUT2D eigenvalue weighted by Crippen LogP contribution is 2.16. The van der Waals surface area contributed by atoms with Gasteiger partial charge in [0.15, 0.2) is 0 Å². The lowest BCUT2D eigenvalue weighted by Crippen LogP contribution is -2.19. The fraction of sp³-hybridized carbons (Fsp3) is 0.643. The Labute approximate surface area is 110 Å². The van der Waals surface area contributed by atoms with Crippen molar-refractivity contribution >= 4 is 11.8 Å². The third-order valence-electron chi connectivity index (χ3n) is 2.50. The second kappa shape index (κ2) is 7.72. The van der Waals surface area contributed by atoms with Crippen LogP contribution in [0.4, 0.5) is 0 Å². The molecule has 1 aromatic rings. The van der Waals surface area contributed by atoms with Crippen molar-refractivity contribution in [2.75, 3.05) is 18.8 Å². The van der Waals surface area contributed by atoms with Gasteiger partial charge < -0.3 is 5.32 Å². The number of nitrogens with zero attached hydrogens (tertiary/aromatic N) is 1. The molecule has 0 aliphatic carbocycles. The Morgan fingerprint density at radius 2 is 2.00 bits per heavy atom. The van der Waals surface area contributed by atoms with Gasteiger partial charge in [0.05, 0.1) is 5.03 Å². The summed E-state index contributed by atoms with van der Waals surface area (Å²) >= 11 is 1.83. The molecule has 0 unspecified atom stereocenters. The Kier molecular flexibility index (Phi) is 6.60. The maximum atomic E-state index is 4.52. The van der Waals surface area contributed by atoms with E-state index >= 15 is 0 Å². The molecule has 96 valence electrons. The molecule has 0 amide bonds. The molecule has 0 aliphatic heterocycles. The molecule has 3 heteroatoms. The van der Waals surface area contributed by atoms with Crippen LogP contribution in [0.15, 0.2) is 17.2 Å². The molecule has 0 fully saturated rings. The molecule has 2 nitrogen and oxygen atoms in total. The second-order valence-corrected chi connectivity index (χ2v) is 6.02. The summed E-state index contributed by atoms with van der Waals surface area (Å²) in [5.41, 5.74) is 2.41. The number of nitrogens with one attached hydrogen (secondary N) is 1. The van der Waals surface area contributed by atoms with Crippen molar-refractivity contribution in [2.45, 2.75) is 39.1 Å². The van der Waals surface area contributed by atoms with Gasteiger partial charge in [0.1, 0.15) is 0 Å². The molecule has 0 atom stereocenters. The monoisotopic (exact) mass is 252 g/mol. The van der Waals surface area contributed by atoms with Gasteiger partial charge in [-0.15, -0.1) is 11.8 Å². The first-order chi connectivity index (χ1) is 8.08. The third-order valence-corrected chi connectivity index (χ3v) is 3.41. The van der Waals surface area contributed by atoms with Crippen molar-refractivity contribution < 1.29 is 0 Å². The smallest absolute Gasteiger partial charge is 0.0966 e. The summed E-state index contributed by atoms with van der Waals surface area (Å²) in [5.74, 6) is 1.88. The van der Waals surface area contributed by atoms with Crippen LogP contribution in [0.5, 0.6) is 0 Å². The van der Waals surface area contributed by atoms with Crippen molar-refractivity contribution in [2.24, 2.45) is 5.92 Å². The first-order valence-electron chi connectivity index (χ1n) is 6.36. The normalized spacial score (nSPS) is 11.1. The second-order valence-electron chi connectivity index (χ2n) is 4.91. The zero-order chi connectivity index (χ0) is 12.7. The van der Waals surface area contributed by atoms with Crippen molar-refractivity contribution in [3.05, 3.63) is 23.4 Å². The Morgan fingerprint density at radius 3 is 2.65 bits per heavy atom. The van der Waals surface area contributed by atoms with Gasteiger partial charge in [-0.2, -0.15) is 0 Å². The molecule has 0 spiro atoms. The zero-order valence-electron chi connectivity index (χ0n) is 11.4. The summed E-state index contributed by atoms with van der Waals surface area (Å²) in [5, 5.41) is 4.61. The summed E-state index contributed by atoms with van der Waals surface area (Å²) in [4.78, 5) is 4.52. The Morgan fingerprint density at radius 1 is 1.24 bits per heavy atom. The molecule has 0 aromatic carbocycles. The molecule has 1 heterocycles. The van der Waals surface area contributed by atoms with E-state index in [2.05, 4.69) is 50.1 Å². The van der Waals surface area contributed by atoms with E-state index in [1.54, 1.807) is 0 Å². The van der Waals surface area contributed by atoms with Crippen LogP contribution >= 0.6 is 11.8 Å². The lowest BCUT2D eigenvalue weighted by molar-refractivity contribution is 0.547.